The van der Waals surface area contributed by atoms with Gasteiger partial charge in [0.2, 0.25) is 0 Å². The lowest BCUT2D eigenvalue weighted by atomic mass is 9.89. The number of unbranched alkanes of at least 4 members (excludes halogenated alkanes) is 4. The van der Waals surface area contributed by atoms with Gasteiger partial charge >= 0.3 is 0 Å². The predicted octanol–water partition coefficient (Wildman–Crippen LogP) is 4.07. The fourth-order valence-electron chi connectivity index (χ4n) is 2.21. The Balaban J connectivity index is 3.89. The van der Waals surface area contributed by atoms with E-state index in [0.29, 0.717) is 24.7 Å². The first-order valence-electron chi connectivity index (χ1n) is 7.49. The third-order valence-electron chi connectivity index (χ3n) is 3.39. The van der Waals surface area contributed by atoms with Gasteiger partial charge in [0, 0.05) is 12.3 Å². The molecule has 0 heterocycles. The van der Waals surface area contributed by atoms with Crippen LogP contribution < -0.4 is 5.73 Å². The quantitative estimate of drug-likeness (QED) is 0.523. The molecule has 0 bridgehead atoms. The van der Waals surface area contributed by atoms with E-state index in [1.54, 1.807) is 0 Å². The average molecular weight is 241 g/mol. The Morgan fingerprint density at radius 2 is 1.59 bits per heavy atom. The molecule has 0 saturated carbocycles. The summed E-state index contributed by atoms with van der Waals surface area (Å²) in [5.41, 5.74) is 5.46. The van der Waals surface area contributed by atoms with Gasteiger partial charge < -0.3 is 5.73 Å². The standard InChI is InChI=1S/C15H31NO/c1-3-5-7-8-11-14(10-6-4-2)15(17)12-9-13-16/h14H,3-13,16H2,1-2H3. The Morgan fingerprint density at radius 3 is 2.18 bits per heavy atom. The molecular formula is C15H31NO. The molecule has 0 amide bonds. The molecule has 0 aliphatic rings. The average Bonchev–Trinajstić information content (AvgIpc) is 2.35. The van der Waals surface area contributed by atoms with Gasteiger partial charge in [-0.2, -0.15) is 0 Å². The van der Waals surface area contributed by atoms with Gasteiger partial charge in [-0.3, -0.25) is 4.79 Å². The Kier molecular flexibility index (Phi) is 11.8. The molecule has 2 N–H and O–H groups in total. The molecule has 1 unspecified atom stereocenters. The molecule has 0 fully saturated rings. The van der Waals surface area contributed by atoms with Gasteiger partial charge in [0.15, 0.2) is 0 Å². The van der Waals surface area contributed by atoms with E-state index in [1.807, 2.05) is 0 Å². The van der Waals surface area contributed by atoms with Crippen molar-refractivity contribution >= 4 is 5.78 Å². The minimum Gasteiger partial charge on any atom is -0.330 e. The molecule has 1 atom stereocenters. The molecule has 0 aromatic heterocycles. The summed E-state index contributed by atoms with van der Waals surface area (Å²) in [7, 11) is 0. The molecule has 2 nitrogen and oxygen atoms in total. The molecule has 0 saturated heterocycles. The van der Waals surface area contributed by atoms with Gasteiger partial charge in [-0.25, -0.2) is 0 Å². The molecule has 17 heavy (non-hydrogen) atoms. The summed E-state index contributed by atoms with van der Waals surface area (Å²) in [6, 6.07) is 0. The van der Waals surface area contributed by atoms with Crippen LogP contribution in [-0.2, 0) is 4.79 Å². The van der Waals surface area contributed by atoms with E-state index in [1.165, 1.54) is 38.5 Å². The first kappa shape index (κ1) is 16.6. The Bertz CT molecular complexity index is 180. The normalized spacial score (nSPS) is 12.6. The number of Topliss-reactive ketones (excluding diaryl/α,β-unsaturated/α-hetero) is 1. The van der Waals surface area contributed by atoms with Crippen molar-refractivity contribution in [2.24, 2.45) is 11.7 Å². The highest BCUT2D eigenvalue weighted by atomic mass is 16.1. The topological polar surface area (TPSA) is 43.1 Å². The number of nitrogens with two attached hydrogens (primary N) is 1. The van der Waals surface area contributed by atoms with Crippen LogP contribution in [0.4, 0.5) is 0 Å². The molecule has 0 spiro atoms. The van der Waals surface area contributed by atoms with Crippen molar-refractivity contribution in [3.8, 4) is 0 Å². The number of rotatable bonds is 12. The molecular weight excluding hydrogens is 210 g/mol. The van der Waals surface area contributed by atoms with Crippen molar-refractivity contribution in [3.05, 3.63) is 0 Å². The predicted molar refractivity (Wildman–Crippen MR) is 75.1 cm³/mol. The lowest BCUT2D eigenvalue weighted by Crippen LogP contribution is -2.16. The van der Waals surface area contributed by atoms with Crippen LogP contribution >= 0.6 is 0 Å². The number of ketones is 1. The first-order valence-corrected chi connectivity index (χ1v) is 7.49. The van der Waals surface area contributed by atoms with E-state index in [4.69, 9.17) is 5.73 Å². The molecule has 0 aromatic carbocycles. The van der Waals surface area contributed by atoms with E-state index >= 15 is 0 Å². The largest absolute Gasteiger partial charge is 0.330 e. The number of hydrogen-bond acceptors (Lipinski definition) is 2. The van der Waals surface area contributed by atoms with Crippen LogP contribution in [0.15, 0.2) is 0 Å². The van der Waals surface area contributed by atoms with Crippen molar-refractivity contribution in [1.29, 1.82) is 0 Å². The lowest BCUT2D eigenvalue weighted by molar-refractivity contribution is -0.123. The zero-order valence-corrected chi connectivity index (χ0v) is 11.8. The smallest absolute Gasteiger partial charge is 0.136 e. The van der Waals surface area contributed by atoms with Crippen molar-refractivity contribution in [2.45, 2.75) is 78.1 Å². The van der Waals surface area contributed by atoms with Crippen LogP contribution in [0, 0.1) is 5.92 Å². The van der Waals surface area contributed by atoms with Crippen LogP contribution in [0.3, 0.4) is 0 Å². The lowest BCUT2D eigenvalue weighted by Gasteiger charge is -2.15. The highest BCUT2D eigenvalue weighted by Crippen LogP contribution is 2.20. The van der Waals surface area contributed by atoms with E-state index in [-0.39, 0.29) is 0 Å². The Hall–Kier alpha value is -0.370. The van der Waals surface area contributed by atoms with E-state index in [2.05, 4.69) is 13.8 Å². The summed E-state index contributed by atoms with van der Waals surface area (Å²) in [6.07, 6.45) is 11.2. The summed E-state index contributed by atoms with van der Waals surface area (Å²) in [5, 5.41) is 0. The SMILES string of the molecule is CCCCCCC(CCCC)C(=O)CCCN. The summed E-state index contributed by atoms with van der Waals surface area (Å²) in [4.78, 5) is 12.0. The minimum atomic E-state index is 0.318. The summed E-state index contributed by atoms with van der Waals surface area (Å²) in [6.45, 7) is 5.06. The molecule has 102 valence electrons. The maximum Gasteiger partial charge on any atom is 0.136 e. The van der Waals surface area contributed by atoms with Crippen LogP contribution in [0.2, 0.25) is 0 Å². The highest BCUT2D eigenvalue weighted by Gasteiger charge is 2.16. The maximum atomic E-state index is 12.0. The van der Waals surface area contributed by atoms with E-state index < -0.39 is 0 Å². The number of hydrogen-bond donors (Lipinski definition) is 1. The van der Waals surface area contributed by atoms with Gasteiger partial charge in [0.05, 0.1) is 0 Å². The van der Waals surface area contributed by atoms with Gasteiger partial charge in [-0.05, 0) is 25.8 Å². The second-order valence-corrected chi connectivity index (χ2v) is 5.05. The molecule has 0 aliphatic carbocycles. The van der Waals surface area contributed by atoms with Gasteiger partial charge in [-0.1, -0.05) is 52.4 Å². The zero-order chi connectivity index (χ0) is 12.9. The van der Waals surface area contributed by atoms with Crippen LogP contribution in [0.1, 0.15) is 78.1 Å². The highest BCUT2D eigenvalue weighted by molar-refractivity contribution is 5.80. The van der Waals surface area contributed by atoms with Gasteiger partial charge in [0.25, 0.3) is 0 Å². The van der Waals surface area contributed by atoms with Crippen molar-refractivity contribution < 1.29 is 4.79 Å². The molecule has 0 rings (SSSR count). The molecule has 2 heteroatoms. The van der Waals surface area contributed by atoms with Crippen molar-refractivity contribution in [2.75, 3.05) is 6.54 Å². The van der Waals surface area contributed by atoms with E-state index in [9.17, 15) is 4.79 Å². The Labute approximate surface area is 107 Å². The van der Waals surface area contributed by atoms with Crippen LogP contribution in [-0.4, -0.2) is 12.3 Å². The third-order valence-corrected chi connectivity index (χ3v) is 3.39. The second-order valence-electron chi connectivity index (χ2n) is 5.05. The van der Waals surface area contributed by atoms with Crippen LogP contribution in [0.5, 0.6) is 0 Å². The first-order chi connectivity index (χ1) is 8.26. The monoisotopic (exact) mass is 241 g/mol. The van der Waals surface area contributed by atoms with Gasteiger partial charge in [0.1, 0.15) is 5.78 Å². The third kappa shape index (κ3) is 9.34. The van der Waals surface area contributed by atoms with Crippen LogP contribution in [0.25, 0.3) is 0 Å². The Morgan fingerprint density at radius 1 is 0.941 bits per heavy atom. The summed E-state index contributed by atoms with van der Waals surface area (Å²) < 4.78 is 0. The molecule has 0 aromatic rings. The molecule has 0 aliphatic heterocycles. The maximum absolute atomic E-state index is 12.0. The number of carbonyl (C=O) groups is 1. The summed E-state index contributed by atoms with van der Waals surface area (Å²) in [5.74, 6) is 0.777. The minimum absolute atomic E-state index is 0.318. The fourth-order valence-corrected chi connectivity index (χ4v) is 2.21. The van der Waals surface area contributed by atoms with Gasteiger partial charge in [-0.15, -0.1) is 0 Å². The zero-order valence-electron chi connectivity index (χ0n) is 11.8. The fraction of sp³-hybridized carbons (Fsp3) is 0.933. The molecule has 0 radical (unpaired) electrons. The number of carbonyl (C=O) groups excluding carboxylic acids is 1. The van der Waals surface area contributed by atoms with E-state index in [0.717, 1.165) is 19.3 Å². The second kappa shape index (κ2) is 12.1. The van der Waals surface area contributed by atoms with Crippen molar-refractivity contribution in [3.63, 3.8) is 0 Å². The summed E-state index contributed by atoms with van der Waals surface area (Å²) >= 11 is 0. The van der Waals surface area contributed by atoms with Crippen molar-refractivity contribution in [1.82, 2.24) is 0 Å².